The lowest BCUT2D eigenvalue weighted by atomic mass is 10.0. The van der Waals surface area contributed by atoms with Gasteiger partial charge in [0.15, 0.2) is 11.5 Å². The predicted molar refractivity (Wildman–Crippen MR) is 114 cm³/mol. The Kier molecular flexibility index (Phi) is 6.60. The SMILES string of the molecule is COc1cc(/C=C(\C#N)c2ccccc2)cc(Cl)c1OCc1ccc(Cl)cc1. The van der Waals surface area contributed by atoms with Crippen LogP contribution < -0.4 is 9.47 Å². The first kappa shape index (κ1) is 19.8. The zero-order chi connectivity index (χ0) is 19.9. The molecule has 0 saturated heterocycles. The summed E-state index contributed by atoms with van der Waals surface area (Å²) >= 11 is 12.3. The lowest BCUT2D eigenvalue weighted by molar-refractivity contribution is 0.284. The molecule has 3 nitrogen and oxygen atoms in total. The van der Waals surface area contributed by atoms with Crippen LogP contribution in [0.4, 0.5) is 0 Å². The highest BCUT2D eigenvalue weighted by molar-refractivity contribution is 6.32. The van der Waals surface area contributed by atoms with Gasteiger partial charge in [-0.15, -0.1) is 0 Å². The second kappa shape index (κ2) is 9.32. The minimum atomic E-state index is 0.329. The van der Waals surface area contributed by atoms with Gasteiger partial charge in [-0.3, -0.25) is 0 Å². The van der Waals surface area contributed by atoms with Gasteiger partial charge >= 0.3 is 0 Å². The Morgan fingerprint density at radius 3 is 2.39 bits per heavy atom. The van der Waals surface area contributed by atoms with Crippen molar-refractivity contribution in [3.05, 3.63) is 93.5 Å². The number of benzene rings is 3. The molecule has 0 saturated carbocycles. The Labute approximate surface area is 174 Å². The van der Waals surface area contributed by atoms with Gasteiger partial charge in [-0.1, -0.05) is 65.7 Å². The zero-order valence-electron chi connectivity index (χ0n) is 15.2. The molecule has 3 aromatic carbocycles. The van der Waals surface area contributed by atoms with Crippen LogP contribution in [-0.4, -0.2) is 7.11 Å². The third-order valence-electron chi connectivity index (χ3n) is 4.06. The maximum absolute atomic E-state index is 9.50. The van der Waals surface area contributed by atoms with Crippen LogP contribution in [0.5, 0.6) is 11.5 Å². The van der Waals surface area contributed by atoms with Crippen molar-refractivity contribution >= 4 is 34.9 Å². The van der Waals surface area contributed by atoms with Crippen LogP contribution in [0.25, 0.3) is 11.6 Å². The van der Waals surface area contributed by atoms with E-state index in [1.54, 1.807) is 37.5 Å². The molecule has 3 rings (SSSR count). The topological polar surface area (TPSA) is 42.2 Å². The summed E-state index contributed by atoms with van der Waals surface area (Å²) < 4.78 is 11.3. The molecule has 0 spiro atoms. The molecule has 0 aliphatic rings. The van der Waals surface area contributed by atoms with E-state index < -0.39 is 0 Å². The number of nitriles is 1. The molecule has 0 atom stereocenters. The van der Waals surface area contributed by atoms with Gasteiger partial charge in [-0.05, 0) is 47.0 Å². The smallest absolute Gasteiger partial charge is 0.180 e. The minimum absolute atomic E-state index is 0.329. The quantitative estimate of drug-likeness (QED) is 0.338. The Morgan fingerprint density at radius 2 is 1.75 bits per heavy atom. The van der Waals surface area contributed by atoms with Crippen molar-refractivity contribution in [2.24, 2.45) is 0 Å². The van der Waals surface area contributed by atoms with Crippen LogP contribution in [0.1, 0.15) is 16.7 Å². The third-order valence-corrected chi connectivity index (χ3v) is 4.60. The van der Waals surface area contributed by atoms with Gasteiger partial charge in [0.25, 0.3) is 0 Å². The van der Waals surface area contributed by atoms with Crippen LogP contribution in [0, 0.1) is 11.3 Å². The van der Waals surface area contributed by atoms with Crippen molar-refractivity contribution < 1.29 is 9.47 Å². The van der Waals surface area contributed by atoms with Crippen molar-refractivity contribution in [3.63, 3.8) is 0 Å². The van der Waals surface area contributed by atoms with E-state index in [4.69, 9.17) is 32.7 Å². The number of ether oxygens (including phenoxy) is 2. The molecule has 0 radical (unpaired) electrons. The summed E-state index contributed by atoms with van der Waals surface area (Å²) in [5.74, 6) is 0.951. The zero-order valence-corrected chi connectivity index (χ0v) is 16.7. The molecule has 28 heavy (non-hydrogen) atoms. The van der Waals surface area contributed by atoms with Gasteiger partial charge in [0.05, 0.1) is 23.8 Å². The fourth-order valence-electron chi connectivity index (χ4n) is 2.66. The Bertz CT molecular complexity index is 1020. The van der Waals surface area contributed by atoms with Crippen molar-refractivity contribution in [1.82, 2.24) is 0 Å². The lowest BCUT2D eigenvalue weighted by Gasteiger charge is -2.14. The fraction of sp³-hybridized carbons (Fsp3) is 0.0870. The molecule has 0 bridgehead atoms. The monoisotopic (exact) mass is 409 g/mol. The van der Waals surface area contributed by atoms with Crippen molar-refractivity contribution in [3.8, 4) is 17.6 Å². The van der Waals surface area contributed by atoms with E-state index in [0.717, 1.165) is 16.7 Å². The summed E-state index contributed by atoms with van der Waals surface area (Å²) in [7, 11) is 1.55. The largest absolute Gasteiger partial charge is 0.493 e. The average molecular weight is 410 g/mol. The number of hydrogen-bond acceptors (Lipinski definition) is 3. The molecule has 0 amide bonds. The summed E-state index contributed by atoms with van der Waals surface area (Å²) in [4.78, 5) is 0. The van der Waals surface area contributed by atoms with Crippen LogP contribution in [0.2, 0.25) is 10.0 Å². The molecule has 0 heterocycles. The maximum atomic E-state index is 9.50. The van der Waals surface area contributed by atoms with Crippen LogP contribution >= 0.6 is 23.2 Å². The van der Waals surface area contributed by atoms with Gasteiger partial charge in [0.2, 0.25) is 0 Å². The Hall–Kier alpha value is -2.93. The number of methoxy groups -OCH3 is 1. The molecule has 0 aliphatic heterocycles. The van der Waals surface area contributed by atoms with E-state index in [1.165, 1.54) is 0 Å². The summed E-state index contributed by atoms with van der Waals surface area (Å²) in [6.07, 6.45) is 1.77. The van der Waals surface area contributed by atoms with Crippen molar-refractivity contribution in [2.75, 3.05) is 7.11 Å². The summed E-state index contributed by atoms with van der Waals surface area (Å²) in [5.41, 5.74) is 3.08. The molecular weight excluding hydrogens is 393 g/mol. The molecule has 3 aromatic rings. The number of nitrogens with zero attached hydrogens (tertiary/aromatic N) is 1. The average Bonchev–Trinajstić information content (AvgIpc) is 2.72. The second-order valence-corrected chi connectivity index (χ2v) is 6.83. The van der Waals surface area contributed by atoms with Crippen LogP contribution in [0.15, 0.2) is 66.7 Å². The van der Waals surface area contributed by atoms with Crippen LogP contribution in [-0.2, 0) is 6.61 Å². The van der Waals surface area contributed by atoms with E-state index in [-0.39, 0.29) is 0 Å². The molecule has 0 fully saturated rings. The number of rotatable bonds is 6. The summed E-state index contributed by atoms with van der Waals surface area (Å²) in [6.45, 7) is 0.329. The standard InChI is InChI=1S/C23H17Cl2NO2/c1-27-22-13-17(11-19(14-26)18-5-3-2-4-6-18)12-21(25)23(22)28-15-16-7-9-20(24)10-8-16/h2-13H,15H2,1H3/b19-11+. The first-order chi connectivity index (χ1) is 13.6. The van der Waals surface area contributed by atoms with Gasteiger partial charge in [0.1, 0.15) is 6.61 Å². The molecule has 5 heteroatoms. The fourth-order valence-corrected chi connectivity index (χ4v) is 3.06. The molecule has 140 valence electrons. The molecule has 0 aliphatic carbocycles. The van der Waals surface area contributed by atoms with Gasteiger partial charge in [0, 0.05) is 5.02 Å². The highest BCUT2D eigenvalue weighted by Crippen LogP contribution is 2.38. The van der Waals surface area contributed by atoms with E-state index in [2.05, 4.69) is 6.07 Å². The summed E-state index contributed by atoms with van der Waals surface area (Å²) in [6, 6.07) is 22.6. The highest BCUT2D eigenvalue weighted by Gasteiger charge is 2.12. The maximum Gasteiger partial charge on any atom is 0.180 e. The molecule has 0 unspecified atom stereocenters. The van der Waals surface area contributed by atoms with E-state index in [1.807, 2.05) is 42.5 Å². The number of hydrogen-bond donors (Lipinski definition) is 0. The normalized spacial score (nSPS) is 11.0. The molecule has 0 N–H and O–H groups in total. The first-order valence-corrected chi connectivity index (χ1v) is 9.28. The molecule has 0 aromatic heterocycles. The van der Waals surface area contributed by atoms with E-state index in [9.17, 15) is 5.26 Å². The van der Waals surface area contributed by atoms with Gasteiger partial charge in [-0.25, -0.2) is 0 Å². The third kappa shape index (κ3) is 4.86. The van der Waals surface area contributed by atoms with Crippen molar-refractivity contribution in [2.45, 2.75) is 6.61 Å². The van der Waals surface area contributed by atoms with Gasteiger partial charge < -0.3 is 9.47 Å². The second-order valence-electron chi connectivity index (χ2n) is 5.99. The lowest BCUT2D eigenvalue weighted by Crippen LogP contribution is -1.99. The van der Waals surface area contributed by atoms with E-state index >= 15 is 0 Å². The minimum Gasteiger partial charge on any atom is -0.493 e. The first-order valence-electron chi connectivity index (χ1n) is 8.52. The van der Waals surface area contributed by atoms with E-state index in [0.29, 0.717) is 33.7 Å². The number of allylic oxidation sites excluding steroid dienone is 1. The summed E-state index contributed by atoms with van der Waals surface area (Å²) in [5, 5.41) is 10.6. The number of halogens is 2. The van der Waals surface area contributed by atoms with Crippen LogP contribution in [0.3, 0.4) is 0 Å². The highest BCUT2D eigenvalue weighted by atomic mass is 35.5. The Morgan fingerprint density at radius 1 is 1.04 bits per heavy atom. The van der Waals surface area contributed by atoms with Crippen molar-refractivity contribution in [1.29, 1.82) is 5.26 Å². The predicted octanol–water partition coefficient (Wildman–Crippen LogP) is 6.65. The van der Waals surface area contributed by atoms with Gasteiger partial charge in [-0.2, -0.15) is 5.26 Å². The molecular formula is C23H17Cl2NO2. The Balaban J connectivity index is 1.88.